The van der Waals surface area contributed by atoms with Gasteiger partial charge in [0.1, 0.15) is 5.75 Å². The van der Waals surface area contributed by atoms with Crippen LogP contribution in [0.15, 0.2) is 35.4 Å². The van der Waals surface area contributed by atoms with Gasteiger partial charge in [0.15, 0.2) is 0 Å². The first kappa shape index (κ1) is 16.9. The predicted molar refractivity (Wildman–Crippen MR) is 86.1 cm³/mol. The van der Waals surface area contributed by atoms with Crippen LogP contribution in [0.2, 0.25) is 0 Å². The van der Waals surface area contributed by atoms with E-state index in [4.69, 9.17) is 9.47 Å². The van der Waals surface area contributed by atoms with Gasteiger partial charge in [-0.05, 0) is 45.0 Å². The first-order valence-electron chi connectivity index (χ1n) is 7.53. The number of hydrazine groups is 1. The molecule has 1 aliphatic rings. The van der Waals surface area contributed by atoms with Crippen LogP contribution in [0.3, 0.4) is 0 Å². The normalized spacial score (nSPS) is 14.8. The van der Waals surface area contributed by atoms with Gasteiger partial charge in [-0.3, -0.25) is 4.79 Å². The molecule has 124 valence electrons. The molecule has 0 unspecified atom stereocenters. The minimum atomic E-state index is -0.513. The van der Waals surface area contributed by atoms with Crippen molar-refractivity contribution in [2.24, 2.45) is 0 Å². The van der Waals surface area contributed by atoms with Crippen molar-refractivity contribution in [2.75, 3.05) is 26.8 Å². The Bertz CT molecular complexity index is 622. The molecule has 0 saturated carbocycles. The second-order valence-corrected chi connectivity index (χ2v) is 5.41. The Labute approximate surface area is 136 Å². The Morgan fingerprint density at radius 3 is 2.13 bits per heavy atom. The maximum atomic E-state index is 12.8. The Morgan fingerprint density at radius 2 is 1.61 bits per heavy atom. The summed E-state index contributed by atoms with van der Waals surface area (Å²) in [6.07, 6.45) is -0.513. The van der Waals surface area contributed by atoms with Gasteiger partial charge in [-0.2, -0.15) is 0 Å². The zero-order valence-electron chi connectivity index (χ0n) is 14.0. The van der Waals surface area contributed by atoms with Crippen molar-refractivity contribution in [3.63, 3.8) is 0 Å². The summed E-state index contributed by atoms with van der Waals surface area (Å²) in [5, 5.41) is 2.79. The van der Waals surface area contributed by atoms with E-state index in [1.165, 1.54) is 10.0 Å². The fourth-order valence-electron chi connectivity index (χ4n) is 2.32. The molecule has 1 heterocycles. The molecule has 6 nitrogen and oxygen atoms in total. The molecule has 1 aromatic carbocycles. The van der Waals surface area contributed by atoms with Crippen LogP contribution in [0, 0.1) is 0 Å². The van der Waals surface area contributed by atoms with E-state index in [0.717, 1.165) is 11.1 Å². The van der Waals surface area contributed by atoms with Crippen LogP contribution >= 0.6 is 0 Å². The summed E-state index contributed by atoms with van der Waals surface area (Å²) in [6.45, 7) is 6.65. The van der Waals surface area contributed by atoms with E-state index in [1.54, 1.807) is 38.3 Å². The van der Waals surface area contributed by atoms with Gasteiger partial charge in [0.25, 0.3) is 5.91 Å². The lowest BCUT2D eigenvalue weighted by Crippen LogP contribution is -2.53. The summed E-state index contributed by atoms with van der Waals surface area (Å²) in [5.74, 6) is 0.432. The molecule has 0 N–H and O–H groups in total. The van der Waals surface area contributed by atoms with Gasteiger partial charge in [0.2, 0.25) is 0 Å². The first-order chi connectivity index (χ1) is 11.0. The summed E-state index contributed by atoms with van der Waals surface area (Å²) in [7, 11) is 1.57. The summed E-state index contributed by atoms with van der Waals surface area (Å²) >= 11 is 0. The lowest BCUT2D eigenvalue weighted by atomic mass is 10.1. The molecule has 1 aliphatic heterocycles. The highest BCUT2D eigenvalue weighted by Crippen LogP contribution is 2.21. The topological polar surface area (TPSA) is 59.1 Å². The predicted octanol–water partition coefficient (Wildman–Crippen LogP) is 2.86. The summed E-state index contributed by atoms with van der Waals surface area (Å²) < 4.78 is 10.2. The minimum Gasteiger partial charge on any atom is -0.497 e. The van der Waals surface area contributed by atoms with Gasteiger partial charge >= 0.3 is 6.09 Å². The Kier molecular flexibility index (Phi) is 5.26. The fraction of sp³-hybridized carbons (Fsp3) is 0.412. The molecular weight excluding hydrogens is 296 g/mol. The van der Waals surface area contributed by atoms with Crippen LogP contribution in [-0.4, -0.2) is 48.8 Å². The zero-order valence-corrected chi connectivity index (χ0v) is 14.0. The van der Waals surface area contributed by atoms with Crippen LogP contribution in [0.25, 0.3) is 0 Å². The van der Waals surface area contributed by atoms with E-state index in [0.29, 0.717) is 24.4 Å². The van der Waals surface area contributed by atoms with Crippen molar-refractivity contribution in [1.82, 2.24) is 10.0 Å². The number of carbonyl (C=O) groups is 2. The number of ether oxygens (including phenoxy) is 2. The van der Waals surface area contributed by atoms with E-state index in [2.05, 4.69) is 0 Å². The van der Waals surface area contributed by atoms with Crippen molar-refractivity contribution >= 4 is 12.0 Å². The molecule has 2 amide bonds. The lowest BCUT2D eigenvalue weighted by Gasteiger charge is -2.38. The van der Waals surface area contributed by atoms with Crippen LogP contribution in [0.5, 0.6) is 5.75 Å². The molecule has 1 aromatic rings. The standard InChI is InChI=1S/C17H22N2O4/c1-5-23-17(21)19-11-13(3)12(2)10-18(19)16(20)14-6-8-15(22-4)9-7-14/h6-9H,5,10-11H2,1-4H3. The SMILES string of the molecule is CCOC(=O)N1CC(C)=C(C)CN1C(=O)c1ccc(OC)cc1. The molecule has 0 saturated heterocycles. The Balaban J connectivity index is 2.28. The van der Waals surface area contributed by atoms with Gasteiger partial charge in [-0.15, -0.1) is 0 Å². The van der Waals surface area contributed by atoms with E-state index in [1.807, 2.05) is 13.8 Å². The smallest absolute Gasteiger partial charge is 0.429 e. The number of amides is 2. The molecule has 0 fully saturated rings. The van der Waals surface area contributed by atoms with E-state index >= 15 is 0 Å². The summed E-state index contributed by atoms with van der Waals surface area (Å²) in [6, 6.07) is 6.82. The zero-order chi connectivity index (χ0) is 17.0. The minimum absolute atomic E-state index is 0.243. The Hall–Kier alpha value is -2.50. The largest absolute Gasteiger partial charge is 0.497 e. The van der Waals surface area contributed by atoms with Gasteiger partial charge < -0.3 is 9.47 Å². The van der Waals surface area contributed by atoms with Crippen molar-refractivity contribution in [3.8, 4) is 5.75 Å². The van der Waals surface area contributed by atoms with Crippen LogP contribution in [-0.2, 0) is 4.74 Å². The first-order valence-corrected chi connectivity index (χ1v) is 7.53. The number of rotatable bonds is 3. The molecular formula is C17H22N2O4. The van der Waals surface area contributed by atoms with Crippen LogP contribution < -0.4 is 4.74 Å². The highest BCUT2D eigenvalue weighted by atomic mass is 16.6. The van der Waals surface area contributed by atoms with Crippen LogP contribution in [0.4, 0.5) is 4.79 Å². The van der Waals surface area contributed by atoms with Gasteiger partial charge in [-0.25, -0.2) is 14.8 Å². The quantitative estimate of drug-likeness (QED) is 0.804. The number of benzene rings is 1. The number of carbonyl (C=O) groups excluding carboxylic acids is 2. The van der Waals surface area contributed by atoms with Gasteiger partial charge in [-0.1, -0.05) is 11.1 Å². The molecule has 0 aromatic heterocycles. The van der Waals surface area contributed by atoms with Gasteiger partial charge in [0, 0.05) is 5.56 Å². The number of nitrogens with zero attached hydrogens (tertiary/aromatic N) is 2. The third kappa shape index (κ3) is 3.64. The highest BCUT2D eigenvalue weighted by molar-refractivity contribution is 5.95. The lowest BCUT2D eigenvalue weighted by molar-refractivity contribution is -0.00716. The van der Waals surface area contributed by atoms with Crippen molar-refractivity contribution in [2.45, 2.75) is 20.8 Å². The van der Waals surface area contributed by atoms with Crippen molar-refractivity contribution < 1.29 is 19.1 Å². The van der Waals surface area contributed by atoms with E-state index in [-0.39, 0.29) is 12.5 Å². The molecule has 23 heavy (non-hydrogen) atoms. The van der Waals surface area contributed by atoms with E-state index < -0.39 is 6.09 Å². The molecule has 0 bridgehead atoms. The summed E-state index contributed by atoms with van der Waals surface area (Å²) in [4.78, 5) is 24.9. The molecule has 2 rings (SSSR count). The number of hydrogen-bond donors (Lipinski definition) is 0. The maximum absolute atomic E-state index is 12.8. The average Bonchev–Trinajstić information content (AvgIpc) is 2.56. The Morgan fingerprint density at radius 1 is 1.04 bits per heavy atom. The molecule has 0 aliphatic carbocycles. The number of methoxy groups -OCH3 is 1. The second kappa shape index (κ2) is 7.17. The monoisotopic (exact) mass is 318 g/mol. The van der Waals surface area contributed by atoms with Gasteiger partial charge in [0.05, 0.1) is 26.8 Å². The average molecular weight is 318 g/mol. The highest BCUT2D eigenvalue weighted by Gasteiger charge is 2.32. The summed E-state index contributed by atoms with van der Waals surface area (Å²) in [5.41, 5.74) is 2.64. The van der Waals surface area contributed by atoms with Crippen LogP contribution in [0.1, 0.15) is 31.1 Å². The number of hydrogen-bond acceptors (Lipinski definition) is 4. The second-order valence-electron chi connectivity index (χ2n) is 5.41. The fourth-order valence-corrected chi connectivity index (χ4v) is 2.32. The maximum Gasteiger partial charge on any atom is 0.429 e. The molecule has 0 radical (unpaired) electrons. The molecule has 6 heteroatoms. The van der Waals surface area contributed by atoms with Crippen molar-refractivity contribution in [3.05, 3.63) is 41.0 Å². The molecule has 0 spiro atoms. The van der Waals surface area contributed by atoms with E-state index in [9.17, 15) is 9.59 Å². The molecule has 0 atom stereocenters. The third-order valence-corrected chi connectivity index (χ3v) is 3.84. The van der Waals surface area contributed by atoms with Crippen molar-refractivity contribution in [1.29, 1.82) is 0 Å². The third-order valence-electron chi connectivity index (χ3n) is 3.84.